The second-order valence-corrected chi connectivity index (χ2v) is 8.27. The molecular weight excluding hydrogens is 362 g/mol. The first kappa shape index (κ1) is 17.6. The highest BCUT2D eigenvalue weighted by Crippen LogP contribution is 2.27. The fraction of sp³-hybridized carbons (Fsp3) is 0.250. The highest BCUT2D eigenvalue weighted by Gasteiger charge is 2.19. The van der Waals surface area contributed by atoms with Crippen LogP contribution in [0.25, 0.3) is 11.4 Å². The summed E-state index contributed by atoms with van der Waals surface area (Å²) in [5.74, 6) is 1.13. The molecule has 2 aromatic heterocycles. The number of nitrogens with one attached hydrogen (secondary N) is 1. The van der Waals surface area contributed by atoms with Gasteiger partial charge in [-0.15, -0.1) is 11.3 Å². The molecule has 0 bridgehead atoms. The SMILES string of the molecule is CCc1ccc(S(=O)(=O)NCc2nc(-c3ccccc3OC)no2)s1. The Morgan fingerprint density at radius 1 is 1.24 bits per heavy atom. The fourth-order valence-electron chi connectivity index (χ4n) is 2.19. The Hall–Kier alpha value is -2.23. The molecule has 0 aliphatic heterocycles. The number of para-hydroxylation sites is 1. The molecule has 132 valence electrons. The zero-order valence-electron chi connectivity index (χ0n) is 13.7. The van der Waals surface area contributed by atoms with E-state index in [4.69, 9.17) is 9.26 Å². The standard InChI is InChI=1S/C16H17N3O4S2/c1-3-11-8-9-15(24-11)25(20,21)17-10-14-18-16(19-23-14)12-6-4-5-7-13(12)22-2/h4-9,17H,3,10H2,1-2H3. The molecular formula is C16H17N3O4S2. The van der Waals surface area contributed by atoms with Gasteiger partial charge >= 0.3 is 0 Å². The molecule has 0 atom stereocenters. The lowest BCUT2D eigenvalue weighted by Gasteiger charge is -2.03. The van der Waals surface area contributed by atoms with Crippen LogP contribution in [0.2, 0.25) is 0 Å². The number of aryl methyl sites for hydroxylation is 1. The van der Waals surface area contributed by atoms with Crippen molar-refractivity contribution in [3.63, 3.8) is 0 Å². The molecule has 0 aliphatic carbocycles. The third-order valence-corrected chi connectivity index (χ3v) is 6.60. The number of sulfonamides is 1. The topological polar surface area (TPSA) is 94.3 Å². The fourth-order valence-corrected chi connectivity index (χ4v) is 4.50. The average molecular weight is 379 g/mol. The number of thiophene rings is 1. The summed E-state index contributed by atoms with van der Waals surface area (Å²) in [5, 5.41) is 3.89. The van der Waals surface area contributed by atoms with Gasteiger partial charge in [0.25, 0.3) is 10.0 Å². The van der Waals surface area contributed by atoms with Crippen molar-refractivity contribution in [2.75, 3.05) is 7.11 Å². The van der Waals surface area contributed by atoms with Crippen molar-refractivity contribution in [2.45, 2.75) is 24.1 Å². The summed E-state index contributed by atoms with van der Waals surface area (Å²) in [6.45, 7) is 1.90. The van der Waals surface area contributed by atoms with E-state index in [0.717, 1.165) is 11.3 Å². The first-order valence-corrected chi connectivity index (χ1v) is 9.88. The van der Waals surface area contributed by atoms with Crippen molar-refractivity contribution in [1.82, 2.24) is 14.9 Å². The second kappa shape index (κ2) is 7.34. The van der Waals surface area contributed by atoms with E-state index in [-0.39, 0.29) is 16.6 Å². The molecule has 3 aromatic rings. The average Bonchev–Trinajstić information content (AvgIpc) is 3.29. The Balaban J connectivity index is 1.73. The minimum atomic E-state index is -3.60. The predicted molar refractivity (Wildman–Crippen MR) is 94.0 cm³/mol. The van der Waals surface area contributed by atoms with E-state index in [2.05, 4.69) is 14.9 Å². The van der Waals surface area contributed by atoms with Gasteiger partial charge in [-0.1, -0.05) is 24.2 Å². The van der Waals surface area contributed by atoms with Crippen molar-refractivity contribution < 1.29 is 17.7 Å². The monoisotopic (exact) mass is 379 g/mol. The van der Waals surface area contributed by atoms with Crippen molar-refractivity contribution in [1.29, 1.82) is 0 Å². The van der Waals surface area contributed by atoms with Gasteiger partial charge in [0.1, 0.15) is 9.96 Å². The predicted octanol–water partition coefficient (Wildman–Crippen LogP) is 2.85. The van der Waals surface area contributed by atoms with Crippen LogP contribution in [0, 0.1) is 0 Å². The van der Waals surface area contributed by atoms with E-state index in [9.17, 15) is 8.42 Å². The molecule has 1 N–H and O–H groups in total. The first-order valence-electron chi connectivity index (χ1n) is 7.58. The Morgan fingerprint density at radius 2 is 2.04 bits per heavy atom. The van der Waals surface area contributed by atoms with Gasteiger partial charge in [0.15, 0.2) is 0 Å². The summed E-state index contributed by atoms with van der Waals surface area (Å²) in [7, 11) is -2.04. The maximum Gasteiger partial charge on any atom is 0.250 e. The minimum absolute atomic E-state index is 0.0795. The Labute approximate surface area is 149 Å². The molecule has 0 fully saturated rings. The minimum Gasteiger partial charge on any atom is -0.496 e. The summed E-state index contributed by atoms with van der Waals surface area (Å²) in [4.78, 5) is 5.24. The van der Waals surface area contributed by atoms with Crippen LogP contribution in [-0.4, -0.2) is 25.7 Å². The summed E-state index contributed by atoms with van der Waals surface area (Å²) in [6.07, 6.45) is 0.798. The van der Waals surface area contributed by atoms with Gasteiger partial charge in [0.2, 0.25) is 11.7 Å². The third kappa shape index (κ3) is 3.89. The van der Waals surface area contributed by atoms with Crippen LogP contribution < -0.4 is 9.46 Å². The lowest BCUT2D eigenvalue weighted by atomic mass is 10.2. The van der Waals surface area contributed by atoms with Crippen molar-refractivity contribution in [3.05, 3.63) is 47.2 Å². The molecule has 0 saturated carbocycles. The molecule has 0 unspecified atom stereocenters. The smallest absolute Gasteiger partial charge is 0.250 e. The van der Waals surface area contributed by atoms with Crippen molar-refractivity contribution >= 4 is 21.4 Å². The number of rotatable bonds is 7. The lowest BCUT2D eigenvalue weighted by Crippen LogP contribution is -2.22. The van der Waals surface area contributed by atoms with Crippen LogP contribution in [-0.2, 0) is 23.0 Å². The van der Waals surface area contributed by atoms with E-state index in [1.54, 1.807) is 25.3 Å². The zero-order chi connectivity index (χ0) is 17.9. The van der Waals surface area contributed by atoms with E-state index >= 15 is 0 Å². The second-order valence-electron chi connectivity index (χ2n) is 5.11. The Kier molecular flexibility index (Phi) is 5.16. The van der Waals surface area contributed by atoms with E-state index in [1.165, 1.54) is 11.3 Å². The van der Waals surface area contributed by atoms with Gasteiger partial charge in [-0.25, -0.2) is 13.1 Å². The number of hydrogen-bond acceptors (Lipinski definition) is 7. The number of methoxy groups -OCH3 is 1. The molecule has 0 radical (unpaired) electrons. The van der Waals surface area contributed by atoms with Crippen LogP contribution in [0.3, 0.4) is 0 Å². The van der Waals surface area contributed by atoms with Crippen LogP contribution in [0.1, 0.15) is 17.7 Å². The summed E-state index contributed by atoms with van der Waals surface area (Å²) >= 11 is 1.25. The van der Waals surface area contributed by atoms with E-state index in [0.29, 0.717) is 17.1 Å². The summed E-state index contributed by atoms with van der Waals surface area (Å²) in [5.41, 5.74) is 0.675. The first-order chi connectivity index (χ1) is 12.0. The molecule has 0 saturated heterocycles. The van der Waals surface area contributed by atoms with Gasteiger partial charge in [-0.05, 0) is 30.7 Å². The van der Waals surface area contributed by atoms with Gasteiger partial charge in [0, 0.05) is 4.88 Å². The maximum absolute atomic E-state index is 12.3. The number of benzene rings is 1. The highest BCUT2D eigenvalue weighted by atomic mass is 32.2. The molecule has 0 aliphatic rings. The quantitative estimate of drug-likeness (QED) is 0.678. The van der Waals surface area contributed by atoms with E-state index in [1.807, 2.05) is 25.1 Å². The molecule has 7 nitrogen and oxygen atoms in total. The molecule has 2 heterocycles. The number of hydrogen-bond donors (Lipinski definition) is 1. The number of ether oxygens (including phenoxy) is 1. The van der Waals surface area contributed by atoms with Gasteiger partial charge in [0.05, 0.1) is 19.2 Å². The Bertz CT molecular complexity index is 963. The van der Waals surface area contributed by atoms with Crippen LogP contribution in [0.4, 0.5) is 0 Å². The Morgan fingerprint density at radius 3 is 2.76 bits per heavy atom. The normalized spacial score (nSPS) is 11.6. The summed E-state index contributed by atoms with van der Waals surface area (Å²) < 4.78 is 37.8. The van der Waals surface area contributed by atoms with Crippen molar-refractivity contribution in [2.24, 2.45) is 0 Å². The molecule has 25 heavy (non-hydrogen) atoms. The van der Waals surface area contributed by atoms with Crippen LogP contribution >= 0.6 is 11.3 Å². The van der Waals surface area contributed by atoms with Crippen LogP contribution in [0.5, 0.6) is 5.75 Å². The third-order valence-electron chi connectivity index (χ3n) is 3.48. The summed E-state index contributed by atoms with van der Waals surface area (Å²) in [6, 6.07) is 10.7. The van der Waals surface area contributed by atoms with Crippen molar-refractivity contribution in [3.8, 4) is 17.1 Å². The van der Waals surface area contributed by atoms with Crippen LogP contribution in [0.15, 0.2) is 45.1 Å². The number of aromatic nitrogens is 2. The van der Waals surface area contributed by atoms with Gasteiger partial charge in [-0.3, -0.25) is 0 Å². The lowest BCUT2D eigenvalue weighted by molar-refractivity contribution is 0.375. The van der Waals surface area contributed by atoms with Gasteiger partial charge < -0.3 is 9.26 Å². The molecule has 3 rings (SSSR count). The van der Waals surface area contributed by atoms with Gasteiger partial charge in [-0.2, -0.15) is 4.98 Å². The molecule has 1 aromatic carbocycles. The molecule has 9 heteroatoms. The number of nitrogens with zero attached hydrogens (tertiary/aromatic N) is 2. The largest absolute Gasteiger partial charge is 0.496 e. The van der Waals surface area contributed by atoms with E-state index < -0.39 is 10.0 Å². The zero-order valence-corrected chi connectivity index (χ0v) is 15.4. The molecule has 0 spiro atoms. The maximum atomic E-state index is 12.3. The molecule has 0 amide bonds. The highest BCUT2D eigenvalue weighted by molar-refractivity contribution is 7.91.